The van der Waals surface area contributed by atoms with Crippen LogP contribution in [0.1, 0.15) is 36.8 Å². The molecule has 1 aliphatic rings. The minimum atomic E-state index is -0.988. The van der Waals surface area contributed by atoms with E-state index in [2.05, 4.69) is 5.32 Å². The predicted molar refractivity (Wildman–Crippen MR) is 87.0 cm³/mol. The highest BCUT2D eigenvalue weighted by atomic mass is 32.1. The SMILES string of the molecule is NC(=O)C(=O)NCCc1ccc(C[S+]=O)c(OC2CCCC2)c1. The number of benzene rings is 1. The van der Waals surface area contributed by atoms with Crippen LogP contribution in [0.25, 0.3) is 0 Å². The van der Waals surface area contributed by atoms with Crippen molar-refractivity contribution in [2.45, 2.75) is 44.0 Å². The van der Waals surface area contributed by atoms with Crippen LogP contribution in [0.5, 0.6) is 5.75 Å². The number of hydrogen-bond donors (Lipinski definition) is 2. The lowest BCUT2D eigenvalue weighted by Gasteiger charge is -2.16. The van der Waals surface area contributed by atoms with Crippen molar-refractivity contribution in [3.63, 3.8) is 0 Å². The summed E-state index contributed by atoms with van der Waals surface area (Å²) in [6.45, 7) is 0.320. The third-order valence-electron chi connectivity index (χ3n) is 3.86. The maximum absolute atomic E-state index is 11.1. The molecule has 1 aromatic carbocycles. The summed E-state index contributed by atoms with van der Waals surface area (Å²) in [5, 5.41) is 2.45. The standard InChI is InChI=1S/C16H20N2O4S/c17-15(19)16(20)18-8-7-11-5-6-12(10-23-21)14(9-11)22-13-3-1-2-4-13/h5-6,9,13H,1-4,7-8,10H2,(H2-,17,18,19,20)/p+1. The first-order valence-corrected chi connectivity index (χ1v) is 8.62. The van der Waals surface area contributed by atoms with Crippen molar-refractivity contribution in [3.8, 4) is 5.75 Å². The lowest BCUT2D eigenvalue weighted by Crippen LogP contribution is -2.37. The average molecular weight is 337 g/mol. The summed E-state index contributed by atoms with van der Waals surface area (Å²) in [6.07, 6.45) is 5.22. The Kier molecular flexibility index (Phi) is 6.46. The summed E-state index contributed by atoms with van der Waals surface area (Å²) in [6, 6.07) is 5.71. The van der Waals surface area contributed by atoms with Crippen LogP contribution in [0.15, 0.2) is 18.2 Å². The quantitative estimate of drug-likeness (QED) is 0.574. The van der Waals surface area contributed by atoms with Gasteiger partial charge in [0.1, 0.15) is 5.75 Å². The van der Waals surface area contributed by atoms with Crippen LogP contribution in [0.2, 0.25) is 0 Å². The number of hydrogen-bond acceptors (Lipinski definition) is 4. The van der Waals surface area contributed by atoms with Gasteiger partial charge in [0, 0.05) is 10.8 Å². The molecule has 3 N–H and O–H groups in total. The summed E-state index contributed by atoms with van der Waals surface area (Å²) in [5.74, 6) is -0.662. The molecule has 1 fully saturated rings. The summed E-state index contributed by atoms with van der Waals surface area (Å²) in [4.78, 5) is 21.8. The minimum absolute atomic E-state index is 0.218. The van der Waals surface area contributed by atoms with Gasteiger partial charge < -0.3 is 15.8 Å². The second-order valence-corrected chi connectivity index (χ2v) is 6.12. The fourth-order valence-electron chi connectivity index (χ4n) is 2.64. The lowest BCUT2D eigenvalue weighted by atomic mass is 10.1. The van der Waals surface area contributed by atoms with E-state index in [1.165, 1.54) is 12.8 Å². The van der Waals surface area contributed by atoms with Gasteiger partial charge in [-0.05, 0) is 49.8 Å². The third kappa shape index (κ3) is 5.28. The highest BCUT2D eigenvalue weighted by Crippen LogP contribution is 2.28. The van der Waals surface area contributed by atoms with E-state index in [1.54, 1.807) is 0 Å². The van der Waals surface area contributed by atoms with E-state index in [0.29, 0.717) is 30.4 Å². The maximum atomic E-state index is 11.1. The van der Waals surface area contributed by atoms with Crippen molar-refractivity contribution in [2.75, 3.05) is 6.54 Å². The van der Waals surface area contributed by atoms with Gasteiger partial charge in [-0.15, -0.1) is 0 Å². The van der Waals surface area contributed by atoms with Crippen LogP contribution in [-0.2, 0) is 37.6 Å². The first-order chi connectivity index (χ1) is 11.1. The molecule has 0 aromatic heterocycles. The van der Waals surface area contributed by atoms with Crippen LogP contribution in [0.4, 0.5) is 0 Å². The van der Waals surface area contributed by atoms with E-state index in [9.17, 15) is 13.8 Å². The average Bonchev–Trinajstić information content (AvgIpc) is 3.02. The fourth-order valence-corrected chi connectivity index (χ4v) is 3.01. The Labute approximate surface area is 139 Å². The Bertz CT molecular complexity index is 585. The van der Waals surface area contributed by atoms with Gasteiger partial charge in [0.15, 0.2) is 0 Å². The van der Waals surface area contributed by atoms with Crippen molar-refractivity contribution < 1.29 is 18.5 Å². The molecule has 0 heterocycles. The van der Waals surface area contributed by atoms with Crippen LogP contribution in [0, 0.1) is 0 Å². The molecule has 0 saturated heterocycles. The second kappa shape index (κ2) is 8.57. The van der Waals surface area contributed by atoms with Crippen LogP contribution >= 0.6 is 0 Å². The van der Waals surface area contributed by atoms with Crippen molar-refractivity contribution in [3.05, 3.63) is 29.3 Å². The number of primary amides is 1. The zero-order valence-electron chi connectivity index (χ0n) is 12.9. The van der Waals surface area contributed by atoms with Crippen LogP contribution < -0.4 is 15.8 Å². The molecular formula is C16H21N2O4S+. The molecule has 2 rings (SSSR count). The number of nitrogens with one attached hydrogen (secondary N) is 1. The molecule has 0 bridgehead atoms. The Hall–Kier alpha value is -2.02. The molecule has 0 atom stereocenters. The van der Waals surface area contributed by atoms with Gasteiger partial charge in [-0.3, -0.25) is 9.59 Å². The molecule has 124 valence electrons. The van der Waals surface area contributed by atoms with Gasteiger partial charge in [-0.1, -0.05) is 6.07 Å². The van der Waals surface area contributed by atoms with Gasteiger partial charge in [-0.25, -0.2) is 0 Å². The molecule has 6 nitrogen and oxygen atoms in total. The molecule has 0 radical (unpaired) electrons. The summed E-state index contributed by atoms with van der Waals surface area (Å²) in [5.41, 5.74) is 6.75. The molecule has 0 spiro atoms. The zero-order chi connectivity index (χ0) is 16.7. The predicted octanol–water partition coefficient (Wildman–Crippen LogP) is 1.08. The van der Waals surface area contributed by atoms with Crippen LogP contribution in [-0.4, -0.2) is 24.5 Å². The highest BCUT2D eigenvalue weighted by molar-refractivity contribution is 7.64. The number of carbonyl (C=O) groups is 2. The summed E-state index contributed by atoms with van der Waals surface area (Å²) < 4.78 is 16.9. The molecule has 1 saturated carbocycles. The maximum Gasteiger partial charge on any atom is 0.463 e. The number of rotatable bonds is 7. The molecule has 0 unspecified atom stereocenters. The Balaban J connectivity index is 2.00. The van der Waals surface area contributed by atoms with E-state index in [1.807, 2.05) is 18.2 Å². The van der Waals surface area contributed by atoms with Crippen molar-refractivity contribution in [1.29, 1.82) is 0 Å². The van der Waals surface area contributed by atoms with Crippen molar-refractivity contribution in [2.24, 2.45) is 5.73 Å². The third-order valence-corrected chi connectivity index (χ3v) is 4.29. The monoisotopic (exact) mass is 337 g/mol. The van der Waals surface area contributed by atoms with Crippen LogP contribution in [0.3, 0.4) is 0 Å². The first-order valence-electron chi connectivity index (χ1n) is 7.71. The minimum Gasteiger partial charge on any atom is -0.490 e. The topological polar surface area (TPSA) is 98.5 Å². The Morgan fingerprint density at radius 1 is 1.30 bits per heavy atom. The molecule has 23 heavy (non-hydrogen) atoms. The van der Waals surface area contributed by atoms with E-state index < -0.39 is 11.8 Å². The molecule has 7 heteroatoms. The fraction of sp³-hybridized carbons (Fsp3) is 0.500. The van der Waals surface area contributed by atoms with Gasteiger partial charge in [0.05, 0.1) is 11.7 Å². The summed E-state index contributed by atoms with van der Waals surface area (Å²) >= 11 is 0.519. The van der Waals surface area contributed by atoms with E-state index in [-0.39, 0.29) is 6.10 Å². The Morgan fingerprint density at radius 3 is 2.70 bits per heavy atom. The van der Waals surface area contributed by atoms with E-state index in [0.717, 1.165) is 29.7 Å². The number of amides is 2. The smallest absolute Gasteiger partial charge is 0.463 e. The summed E-state index contributed by atoms with van der Waals surface area (Å²) in [7, 11) is 0. The molecular weight excluding hydrogens is 316 g/mol. The van der Waals surface area contributed by atoms with Gasteiger partial charge in [0.2, 0.25) is 0 Å². The number of ether oxygens (including phenoxy) is 1. The van der Waals surface area contributed by atoms with Crippen molar-refractivity contribution >= 4 is 23.5 Å². The van der Waals surface area contributed by atoms with Gasteiger partial charge in [0.25, 0.3) is 5.75 Å². The molecule has 1 aliphatic carbocycles. The van der Waals surface area contributed by atoms with Gasteiger partial charge >= 0.3 is 23.5 Å². The highest BCUT2D eigenvalue weighted by Gasteiger charge is 2.20. The van der Waals surface area contributed by atoms with Gasteiger partial charge in [-0.2, -0.15) is 0 Å². The second-order valence-electron chi connectivity index (χ2n) is 5.60. The molecule has 0 aliphatic heterocycles. The largest absolute Gasteiger partial charge is 0.490 e. The van der Waals surface area contributed by atoms with E-state index >= 15 is 0 Å². The molecule has 1 aromatic rings. The number of nitrogens with two attached hydrogens (primary N) is 1. The van der Waals surface area contributed by atoms with E-state index in [4.69, 9.17) is 10.5 Å². The zero-order valence-corrected chi connectivity index (χ0v) is 13.7. The Morgan fingerprint density at radius 2 is 2.04 bits per heavy atom. The number of carbonyl (C=O) groups excluding carboxylic acids is 2. The lowest BCUT2D eigenvalue weighted by molar-refractivity contribution is -0.137. The normalized spacial score (nSPS) is 14.4. The van der Waals surface area contributed by atoms with Crippen molar-refractivity contribution in [1.82, 2.24) is 5.32 Å². The molecule has 2 amide bonds. The first kappa shape index (κ1) is 17.3.